The molecule has 0 aromatic heterocycles. The van der Waals surface area contributed by atoms with Crippen LogP contribution >= 0.6 is 0 Å². The van der Waals surface area contributed by atoms with Crippen LogP contribution in [0.1, 0.15) is 30.9 Å². The van der Waals surface area contributed by atoms with Crippen LogP contribution in [0.5, 0.6) is 0 Å². The Morgan fingerprint density at radius 3 is 2.21 bits per heavy atom. The number of alkyl halides is 3. The predicted octanol–water partition coefficient (Wildman–Crippen LogP) is 3.06. The Morgan fingerprint density at radius 1 is 1.32 bits per heavy atom. The molecule has 1 aliphatic carbocycles. The summed E-state index contributed by atoms with van der Waals surface area (Å²) < 4.78 is 38.2. The van der Waals surface area contributed by atoms with E-state index in [1.807, 2.05) is 13.8 Å². The van der Waals surface area contributed by atoms with E-state index in [-0.39, 0.29) is 22.9 Å². The third kappa shape index (κ3) is 2.30. The number of rotatable bonds is 2. The Kier molecular flexibility index (Phi) is 2.85. The third-order valence-corrected chi connectivity index (χ3v) is 3.75. The minimum absolute atomic E-state index is 0.277. The second kappa shape index (κ2) is 3.93. The largest absolute Gasteiger partial charge is 0.416 e. The zero-order valence-corrected chi connectivity index (χ0v) is 10.4. The summed E-state index contributed by atoms with van der Waals surface area (Å²) in [6, 6.07) is 2.39. The second-order valence-corrected chi connectivity index (χ2v) is 5.39. The molecule has 0 bridgehead atoms. The quantitative estimate of drug-likeness (QED) is 0.665. The van der Waals surface area contributed by atoms with Gasteiger partial charge in [0.15, 0.2) is 0 Å². The molecule has 104 valence electrons. The van der Waals surface area contributed by atoms with Crippen molar-refractivity contribution in [1.29, 1.82) is 0 Å². The predicted molar refractivity (Wildman–Crippen MR) is 62.6 cm³/mol. The number of non-ortho nitro benzene ring substituents is 1. The van der Waals surface area contributed by atoms with Crippen molar-refractivity contribution in [2.75, 3.05) is 0 Å². The van der Waals surface area contributed by atoms with E-state index in [4.69, 9.17) is 5.73 Å². The molecular weight excluding hydrogens is 261 g/mol. The summed E-state index contributed by atoms with van der Waals surface area (Å²) in [6.45, 7) is 3.66. The summed E-state index contributed by atoms with van der Waals surface area (Å²) in [5, 5.41) is 10.7. The maximum absolute atomic E-state index is 12.7. The first kappa shape index (κ1) is 13.8. The standard InChI is InChI=1S/C12H13F3N2O2/c1-11(2)9(10(11)16)6-3-7(12(13,14)15)5-8(4-6)17(18)19/h3-5,9-10H,16H2,1-2H3/t9-,10-/m0/s1. The number of nitrogens with zero attached hydrogens (tertiary/aromatic N) is 1. The van der Waals surface area contributed by atoms with Gasteiger partial charge in [-0.15, -0.1) is 0 Å². The summed E-state index contributed by atoms with van der Waals surface area (Å²) in [5.74, 6) is -0.284. The summed E-state index contributed by atoms with van der Waals surface area (Å²) in [6.07, 6.45) is -4.61. The van der Waals surface area contributed by atoms with Crippen molar-refractivity contribution in [2.45, 2.75) is 32.0 Å². The molecule has 0 radical (unpaired) electrons. The van der Waals surface area contributed by atoms with Gasteiger partial charge in [0.25, 0.3) is 5.69 Å². The minimum Gasteiger partial charge on any atom is -0.327 e. The second-order valence-electron chi connectivity index (χ2n) is 5.39. The number of nitro groups is 1. The van der Waals surface area contributed by atoms with E-state index < -0.39 is 22.4 Å². The third-order valence-electron chi connectivity index (χ3n) is 3.75. The molecule has 1 saturated carbocycles. The molecule has 2 atom stereocenters. The van der Waals surface area contributed by atoms with Gasteiger partial charge in [-0.2, -0.15) is 13.2 Å². The highest BCUT2D eigenvalue weighted by atomic mass is 19.4. The van der Waals surface area contributed by atoms with E-state index in [9.17, 15) is 23.3 Å². The molecule has 0 saturated heterocycles. The Balaban J connectivity index is 2.51. The van der Waals surface area contributed by atoms with Gasteiger partial charge in [-0.1, -0.05) is 13.8 Å². The highest BCUT2D eigenvalue weighted by molar-refractivity contribution is 5.46. The summed E-state index contributed by atoms with van der Waals surface area (Å²) in [7, 11) is 0. The van der Waals surface area contributed by atoms with Crippen molar-refractivity contribution in [1.82, 2.24) is 0 Å². The van der Waals surface area contributed by atoms with Crippen molar-refractivity contribution in [3.63, 3.8) is 0 Å². The van der Waals surface area contributed by atoms with Crippen LogP contribution in [0.25, 0.3) is 0 Å². The highest BCUT2D eigenvalue weighted by Gasteiger charge is 2.56. The van der Waals surface area contributed by atoms with Gasteiger partial charge in [0, 0.05) is 24.1 Å². The van der Waals surface area contributed by atoms with Crippen LogP contribution in [-0.2, 0) is 6.18 Å². The van der Waals surface area contributed by atoms with E-state index >= 15 is 0 Å². The SMILES string of the molecule is CC1(C)[C@@H](N)[C@@H]1c1cc([N+](=O)[O-])cc(C(F)(F)F)c1. The number of hydrogen-bond donors (Lipinski definition) is 1. The Bertz CT molecular complexity index is 540. The van der Waals surface area contributed by atoms with Crippen LogP contribution in [-0.4, -0.2) is 11.0 Å². The molecular formula is C12H13F3N2O2. The zero-order chi connectivity index (χ0) is 14.6. The molecule has 0 heterocycles. The first-order valence-corrected chi connectivity index (χ1v) is 5.67. The lowest BCUT2D eigenvalue weighted by Crippen LogP contribution is -2.08. The summed E-state index contributed by atoms with van der Waals surface area (Å²) in [4.78, 5) is 9.91. The summed E-state index contributed by atoms with van der Waals surface area (Å²) >= 11 is 0. The van der Waals surface area contributed by atoms with Gasteiger partial charge in [0.1, 0.15) is 0 Å². The minimum atomic E-state index is -4.61. The Hall–Kier alpha value is -1.63. The fourth-order valence-corrected chi connectivity index (χ4v) is 2.40. The molecule has 2 N–H and O–H groups in total. The van der Waals surface area contributed by atoms with Gasteiger partial charge in [-0.3, -0.25) is 10.1 Å². The Labute approximate surface area is 107 Å². The van der Waals surface area contributed by atoms with Gasteiger partial charge in [0.05, 0.1) is 10.5 Å². The molecule has 0 unspecified atom stereocenters. The molecule has 0 aliphatic heterocycles. The lowest BCUT2D eigenvalue weighted by Gasteiger charge is -2.10. The molecule has 1 aromatic rings. The van der Waals surface area contributed by atoms with Crippen LogP contribution in [0.2, 0.25) is 0 Å². The normalized spacial score (nSPS) is 25.2. The maximum Gasteiger partial charge on any atom is 0.416 e. The molecule has 1 fully saturated rings. The first-order chi connectivity index (χ1) is 8.55. The average molecular weight is 274 g/mol. The molecule has 1 aliphatic rings. The topological polar surface area (TPSA) is 69.2 Å². The fraction of sp³-hybridized carbons (Fsp3) is 0.500. The van der Waals surface area contributed by atoms with E-state index in [0.29, 0.717) is 6.07 Å². The number of hydrogen-bond acceptors (Lipinski definition) is 3. The zero-order valence-electron chi connectivity index (χ0n) is 10.4. The van der Waals surface area contributed by atoms with Gasteiger partial charge >= 0.3 is 6.18 Å². The summed E-state index contributed by atoms with van der Waals surface area (Å²) in [5.41, 5.74) is 4.19. The van der Waals surface area contributed by atoms with E-state index in [0.717, 1.165) is 6.07 Å². The van der Waals surface area contributed by atoms with Crippen molar-refractivity contribution in [3.05, 3.63) is 39.4 Å². The molecule has 0 spiro atoms. The van der Waals surface area contributed by atoms with Crippen LogP contribution in [0.15, 0.2) is 18.2 Å². The lowest BCUT2D eigenvalue weighted by molar-refractivity contribution is -0.385. The van der Waals surface area contributed by atoms with Crippen molar-refractivity contribution in [2.24, 2.45) is 11.1 Å². The number of halogens is 3. The highest BCUT2D eigenvalue weighted by Crippen LogP contribution is 2.58. The van der Waals surface area contributed by atoms with Crippen molar-refractivity contribution >= 4 is 5.69 Å². The molecule has 1 aromatic carbocycles. The van der Waals surface area contributed by atoms with Crippen LogP contribution in [0, 0.1) is 15.5 Å². The van der Waals surface area contributed by atoms with Crippen molar-refractivity contribution < 1.29 is 18.1 Å². The average Bonchev–Trinajstić information content (AvgIpc) is 2.76. The Morgan fingerprint density at radius 2 is 1.84 bits per heavy atom. The first-order valence-electron chi connectivity index (χ1n) is 5.67. The lowest BCUT2D eigenvalue weighted by atomic mass is 10.00. The van der Waals surface area contributed by atoms with Crippen molar-refractivity contribution in [3.8, 4) is 0 Å². The van der Waals surface area contributed by atoms with Gasteiger partial charge in [-0.25, -0.2) is 0 Å². The van der Waals surface area contributed by atoms with Crippen LogP contribution in [0.4, 0.5) is 18.9 Å². The maximum atomic E-state index is 12.7. The smallest absolute Gasteiger partial charge is 0.327 e. The van der Waals surface area contributed by atoms with Crippen LogP contribution < -0.4 is 5.73 Å². The van der Waals surface area contributed by atoms with E-state index in [2.05, 4.69) is 0 Å². The molecule has 19 heavy (non-hydrogen) atoms. The van der Waals surface area contributed by atoms with E-state index in [1.54, 1.807) is 0 Å². The van der Waals surface area contributed by atoms with Gasteiger partial charge in [-0.05, 0) is 17.0 Å². The molecule has 4 nitrogen and oxygen atoms in total. The molecule has 7 heteroatoms. The molecule has 0 amide bonds. The fourth-order valence-electron chi connectivity index (χ4n) is 2.40. The monoisotopic (exact) mass is 274 g/mol. The van der Waals surface area contributed by atoms with Crippen LogP contribution in [0.3, 0.4) is 0 Å². The molecule has 2 rings (SSSR count). The number of nitrogens with two attached hydrogens (primary N) is 1. The van der Waals surface area contributed by atoms with E-state index in [1.165, 1.54) is 6.07 Å². The van der Waals surface area contributed by atoms with Gasteiger partial charge in [0.2, 0.25) is 0 Å². The number of nitro benzene ring substituents is 1. The number of benzene rings is 1. The van der Waals surface area contributed by atoms with Gasteiger partial charge < -0.3 is 5.73 Å².